The van der Waals surface area contributed by atoms with Crippen molar-refractivity contribution in [3.63, 3.8) is 0 Å². The van der Waals surface area contributed by atoms with Gasteiger partial charge in [-0.25, -0.2) is 0 Å². The van der Waals surface area contributed by atoms with Crippen molar-refractivity contribution in [2.24, 2.45) is 23.0 Å². The molecule has 0 heterocycles. The van der Waals surface area contributed by atoms with Gasteiger partial charge in [-0.15, -0.1) is 0 Å². The first-order valence-corrected chi connectivity index (χ1v) is 4.74. The molecule has 0 unspecified atom stereocenters. The van der Waals surface area contributed by atoms with Crippen molar-refractivity contribution < 1.29 is 4.79 Å². The van der Waals surface area contributed by atoms with Crippen LogP contribution < -0.4 is 5.73 Å². The van der Waals surface area contributed by atoms with E-state index in [1.165, 1.54) is 6.42 Å². The van der Waals surface area contributed by atoms with Crippen molar-refractivity contribution in [1.82, 2.24) is 0 Å². The van der Waals surface area contributed by atoms with Gasteiger partial charge in [0.05, 0.1) is 0 Å². The lowest BCUT2D eigenvalue weighted by molar-refractivity contribution is -0.130. The number of carbonyl (C=O) groups is 1. The average Bonchev–Trinajstić information content (AvgIpc) is 1.82. The molecule has 0 aromatic carbocycles. The fourth-order valence-electron chi connectivity index (χ4n) is 2.68. The van der Waals surface area contributed by atoms with E-state index in [1.807, 2.05) is 6.92 Å². The number of amides is 1. The molecule has 2 heteroatoms. The summed E-state index contributed by atoms with van der Waals surface area (Å²) in [5, 5.41) is 0. The highest BCUT2D eigenvalue weighted by atomic mass is 16.1. The molecule has 1 rings (SSSR count). The van der Waals surface area contributed by atoms with Gasteiger partial charge in [-0.2, -0.15) is 0 Å². The van der Waals surface area contributed by atoms with E-state index in [1.54, 1.807) is 0 Å². The molecule has 0 aromatic heterocycles. The summed E-state index contributed by atoms with van der Waals surface area (Å²) in [5.74, 6) is 1.17. The number of hydrogen-bond acceptors (Lipinski definition) is 1. The van der Waals surface area contributed by atoms with Gasteiger partial charge in [-0.05, 0) is 31.1 Å². The number of carbonyl (C=O) groups excluding carboxylic acids is 1. The van der Waals surface area contributed by atoms with Crippen LogP contribution in [-0.2, 0) is 4.79 Å². The molecule has 0 aromatic rings. The lowest BCUT2D eigenvalue weighted by atomic mass is 9.67. The van der Waals surface area contributed by atoms with Crippen molar-refractivity contribution in [3.05, 3.63) is 0 Å². The summed E-state index contributed by atoms with van der Waals surface area (Å²) in [4.78, 5) is 11.2. The van der Waals surface area contributed by atoms with E-state index in [0.717, 1.165) is 12.8 Å². The minimum atomic E-state index is -0.239. The predicted octanol–water partition coefficient (Wildman–Crippen LogP) is 1.93. The van der Waals surface area contributed by atoms with Crippen LogP contribution >= 0.6 is 0 Å². The maximum atomic E-state index is 11.2. The molecule has 1 saturated carbocycles. The van der Waals surface area contributed by atoms with Gasteiger partial charge in [-0.1, -0.05) is 20.8 Å². The summed E-state index contributed by atoms with van der Waals surface area (Å²) < 4.78 is 0. The van der Waals surface area contributed by atoms with Gasteiger partial charge < -0.3 is 5.73 Å². The standard InChI is InChI=1S/C10H19NO/c1-7-4-8(2)6-10(3,5-7)9(11)12/h7-8H,4-6H2,1-3H3,(H2,11,12)/t7-,8+,10+. The molecule has 0 spiro atoms. The molecule has 1 aliphatic rings. The molecule has 0 radical (unpaired) electrons. The van der Waals surface area contributed by atoms with Crippen molar-refractivity contribution in [2.75, 3.05) is 0 Å². The third kappa shape index (κ3) is 1.79. The number of nitrogens with two attached hydrogens (primary N) is 1. The largest absolute Gasteiger partial charge is 0.369 e. The first-order chi connectivity index (χ1) is 5.44. The van der Waals surface area contributed by atoms with Gasteiger partial charge in [0.2, 0.25) is 5.91 Å². The van der Waals surface area contributed by atoms with Crippen molar-refractivity contribution in [3.8, 4) is 0 Å². The van der Waals surface area contributed by atoms with E-state index in [0.29, 0.717) is 11.8 Å². The summed E-state index contributed by atoms with van der Waals surface area (Å²) in [6.45, 7) is 6.41. The lowest BCUT2D eigenvalue weighted by Gasteiger charge is -2.37. The predicted molar refractivity (Wildman–Crippen MR) is 49.5 cm³/mol. The summed E-state index contributed by atoms with van der Waals surface area (Å²) in [6, 6.07) is 0. The van der Waals surface area contributed by atoms with E-state index < -0.39 is 0 Å². The highest BCUT2D eigenvalue weighted by Crippen LogP contribution is 2.41. The maximum Gasteiger partial charge on any atom is 0.223 e. The minimum absolute atomic E-state index is 0.124. The second-order valence-electron chi connectivity index (χ2n) is 4.78. The fraction of sp³-hybridized carbons (Fsp3) is 0.900. The van der Waals surface area contributed by atoms with E-state index in [2.05, 4.69) is 13.8 Å². The molecular formula is C10H19NO. The van der Waals surface area contributed by atoms with Crippen LogP contribution in [-0.4, -0.2) is 5.91 Å². The Bertz CT molecular complexity index is 178. The maximum absolute atomic E-state index is 11.2. The van der Waals surface area contributed by atoms with Gasteiger partial charge >= 0.3 is 0 Å². The monoisotopic (exact) mass is 169 g/mol. The van der Waals surface area contributed by atoms with Crippen molar-refractivity contribution in [1.29, 1.82) is 0 Å². The molecule has 2 N–H and O–H groups in total. The zero-order valence-electron chi connectivity index (χ0n) is 8.26. The number of hydrogen-bond donors (Lipinski definition) is 1. The van der Waals surface area contributed by atoms with Crippen molar-refractivity contribution in [2.45, 2.75) is 40.0 Å². The van der Waals surface area contributed by atoms with Crippen LogP contribution in [0.15, 0.2) is 0 Å². The highest BCUT2D eigenvalue weighted by Gasteiger charge is 2.38. The molecule has 1 fully saturated rings. The molecule has 0 aliphatic heterocycles. The van der Waals surface area contributed by atoms with Crippen LogP contribution in [0.2, 0.25) is 0 Å². The minimum Gasteiger partial charge on any atom is -0.369 e. The molecular weight excluding hydrogens is 150 g/mol. The summed E-state index contributed by atoms with van der Waals surface area (Å²) in [5.41, 5.74) is 5.15. The molecule has 0 bridgehead atoms. The van der Waals surface area contributed by atoms with Crippen LogP contribution in [0, 0.1) is 17.3 Å². The van der Waals surface area contributed by atoms with E-state index >= 15 is 0 Å². The van der Waals surface area contributed by atoms with Gasteiger partial charge in [0.1, 0.15) is 0 Å². The Morgan fingerprint density at radius 3 is 2.08 bits per heavy atom. The summed E-state index contributed by atoms with van der Waals surface area (Å²) in [6.07, 6.45) is 3.17. The quantitative estimate of drug-likeness (QED) is 0.640. The second kappa shape index (κ2) is 3.08. The van der Waals surface area contributed by atoms with Gasteiger partial charge in [0.15, 0.2) is 0 Å². The molecule has 3 atom stereocenters. The molecule has 12 heavy (non-hydrogen) atoms. The molecule has 1 amide bonds. The Kier molecular flexibility index (Phi) is 2.45. The SMILES string of the molecule is C[C@@H]1C[C@H](C)C[C@@](C)(C(N)=O)C1. The van der Waals surface area contributed by atoms with Crippen LogP contribution in [0.4, 0.5) is 0 Å². The molecule has 0 saturated heterocycles. The number of primary amides is 1. The molecule has 2 nitrogen and oxygen atoms in total. The Labute approximate surface area is 74.5 Å². The summed E-state index contributed by atoms with van der Waals surface area (Å²) in [7, 11) is 0. The highest BCUT2D eigenvalue weighted by molar-refractivity contribution is 5.80. The zero-order valence-corrected chi connectivity index (χ0v) is 8.26. The third-order valence-corrected chi connectivity index (χ3v) is 3.00. The van der Waals surface area contributed by atoms with Crippen molar-refractivity contribution >= 4 is 5.91 Å². The Balaban J connectivity index is 2.71. The van der Waals surface area contributed by atoms with E-state index in [9.17, 15) is 4.79 Å². The van der Waals surface area contributed by atoms with Gasteiger partial charge in [-0.3, -0.25) is 4.79 Å². The zero-order chi connectivity index (χ0) is 9.35. The lowest BCUT2D eigenvalue weighted by Crippen LogP contribution is -2.40. The summed E-state index contributed by atoms with van der Waals surface area (Å²) >= 11 is 0. The van der Waals surface area contributed by atoms with Crippen LogP contribution in [0.3, 0.4) is 0 Å². The van der Waals surface area contributed by atoms with Gasteiger partial charge in [0.25, 0.3) is 0 Å². The van der Waals surface area contributed by atoms with Gasteiger partial charge in [0, 0.05) is 5.41 Å². The number of rotatable bonds is 1. The fourth-order valence-corrected chi connectivity index (χ4v) is 2.68. The Hall–Kier alpha value is -0.530. The third-order valence-electron chi connectivity index (χ3n) is 3.00. The van der Waals surface area contributed by atoms with Crippen LogP contribution in [0.1, 0.15) is 40.0 Å². The Morgan fingerprint density at radius 1 is 1.33 bits per heavy atom. The van der Waals surface area contributed by atoms with Crippen LogP contribution in [0.5, 0.6) is 0 Å². The van der Waals surface area contributed by atoms with E-state index in [-0.39, 0.29) is 11.3 Å². The first-order valence-electron chi connectivity index (χ1n) is 4.74. The molecule has 1 aliphatic carbocycles. The normalized spacial score (nSPS) is 42.6. The Morgan fingerprint density at radius 2 is 1.75 bits per heavy atom. The molecule has 70 valence electrons. The smallest absolute Gasteiger partial charge is 0.223 e. The van der Waals surface area contributed by atoms with E-state index in [4.69, 9.17) is 5.73 Å². The average molecular weight is 169 g/mol. The van der Waals surface area contributed by atoms with Crippen LogP contribution in [0.25, 0.3) is 0 Å². The first kappa shape index (κ1) is 9.56. The second-order valence-corrected chi connectivity index (χ2v) is 4.78. The topological polar surface area (TPSA) is 43.1 Å².